The van der Waals surface area contributed by atoms with Crippen molar-refractivity contribution in [2.45, 2.75) is 26.8 Å². The minimum atomic E-state index is -0.576. The fourth-order valence-electron chi connectivity index (χ4n) is 0.709. The van der Waals surface area contributed by atoms with Crippen LogP contribution in [0.1, 0.15) is 20.8 Å². The van der Waals surface area contributed by atoms with E-state index >= 15 is 0 Å². The largest absolute Gasteiger partial charge is 0.354 e. The number of hydrogen-bond acceptors (Lipinski definition) is 3. The molecule has 0 aliphatic carbocycles. The van der Waals surface area contributed by atoms with Crippen LogP contribution in [0.3, 0.4) is 0 Å². The summed E-state index contributed by atoms with van der Waals surface area (Å²) < 4.78 is 0. The standard InChI is InChI=1S/C9H19N3O2/c1-6(2)4-11-8(13)5-12-9(14)7(3)10/h6-7H,4-5,10H2,1-3H3,(H,11,13)(H,12,14)/t7-/m1/s1. The predicted molar refractivity (Wildman–Crippen MR) is 54.5 cm³/mol. The molecular formula is C9H19N3O2. The van der Waals surface area contributed by atoms with Crippen LogP contribution in [0.2, 0.25) is 0 Å². The Kier molecular flexibility index (Phi) is 5.87. The van der Waals surface area contributed by atoms with E-state index in [1.807, 2.05) is 13.8 Å². The summed E-state index contributed by atoms with van der Waals surface area (Å²) in [5.41, 5.74) is 5.30. The maximum atomic E-state index is 11.1. The van der Waals surface area contributed by atoms with Crippen LogP contribution in [0, 0.1) is 5.92 Å². The molecule has 0 bridgehead atoms. The Bertz CT molecular complexity index is 202. The molecule has 82 valence electrons. The van der Waals surface area contributed by atoms with Gasteiger partial charge in [-0.15, -0.1) is 0 Å². The van der Waals surface area contributed by atoms with Crippen molar-refractivity contribution in [3.05, 3.63) is 0 Å². The first-order valence-corrected chi connectivity index (χ1v) is 4.73. The lowest BCUT2D eigenvalue weighted by Gasteiger charge is -2.09. The normalized spacial score (nSPS) is 12.4. The molecule has 0 saturated heterocycles. The number of carbonyl (C=O) groups excluding carboxylic acids is 2. The molecule has 0 spiro atoms. The molecule has 0 aliphatic rings. The second-order valence-electron chi connectivity index (χ2n) is 3.70. The van der Waals surface area contributed by atoms with Crippen LogP contribution in [0.25, 0.3) is 0 Å². The topological polar surface area (TPSA) is 84.2 Å². The molecule has 4 N–H and O–H groups in total. The lowest BCUT2D eigenvalue weighted by molar-refractivity contribution is -0.126. The first-order valence-electron chi connectivity index (χ1n) is 4.73. The summed E-state index contributed by atoms with van der Waals surface area (Å²) >= 11 is 0. The second kappa shape index (κ2) is 6.37. The third-order valence-corrected chi connectivity index (χ3v) is 1.54. The van der Waals surface area contributed by atoms with Gasteiger partial charge in [-0.05, 0) is 12.8 Å². The molecule has 0 unspecified atom stereocenters. The smallest absolute Gasteiger partial charge is 0.239 e. The van der Waals surface area contributed by atoms with Crippen LogP contribution >= 0.6 is 0 Å². The van der Waals surface area contributed by atoms with Gasteiger partial charge < -0.3 is 16.4 Å². The van der Waals surface area contributed by atoms with Crippen molar-refractivity contribution in [1.82, 2.24) is 10.6 Å². The van der Waals surface area contributed by atoms with Crippen LogP contribution in [0.15, 0.2) is 0 Å². The Labute approximate surface area is 84.4 Å². The minimum Gasteiger partial charge on any atom is -0.354 e. The zero-order valence-electron chi connectivity index (χ0n) is 8.96. The summed E-state index contributed by atoms with van der Waals surface area (Å²) in [6, 6.07) is -0.576. The van der Waals surface area contributed by atoms with E-state index < -0.39 is 6.04 Å². The minimum absolute atomic E-state index is 0.00685. The molecule has 1 atom stereocenters. The summed E-state index contributed by atoms with van der Waals surface area (Å²) in [7, 11) is 0. The highest BCUT2D eigenvalue weighted by molar-refractivity contribution is 5.86. The molecule has 5 nitrogen and oxygen atoms in total. The van der Waals surface area contributed by atoms with Crippen LogP contribution in [-0.4, -0.2) is 30.9 Å². The van der Waals surface area contributed by atoms with Crippen LogP contribution in [0.4, 0.5) is 0 Å². The van der Waals surface area contributed by atoms with Crippen molar-refractivity contribution < 1.29 is 9.59 Å². The zero-order chi connectivity index (χ0) is 11.1. The molecule has 0 fully saturated rings. The molecule has 0 radical (unpaired) electrons. The third kappa shape index (κ3) is 6.42. The Balaban J connectivity index is 3.59. The van der Waals surface area contributed by atoms with Gasteiger partial charge in [-0.1, -0.05) is 13.8 Å². The Morgan fingerprint density at radius 2 is 1.79 bits per heavy atom. The number of amides is 2. The molecule has 5 heteroatoms. The van der Waals surface area contributed by atoms with Gasteiger partial charge in [-0.25, -0.2) is 0 Å². The van der Waals surface area contributed by atoms with E-state index in [-0.39, 0.29) is 18.4 Å². The molecule has 0 rings (SSSR count). The summed E-state index contributed by atoms with van der Waals surface area (Å²) in [5.74, 6) is -0.0968. The van der Waals surface area contributed by atoms with Gasteiger partial charge in [0.05, 0.1) is 12.6 Å². The fraction of sp³-hybridized carbons (Fsp3) is 0.778. The van der Waals surface area contributed by atoms with Gasteiger partial charge in [0.2, 0.25) is 11.8 Å². The Morgan fingerprint density at radius 1 is 1.21 bits per heavy atom. The second-order valence-corrected chi connectivity index (χ2v) is 3.70. The van der Waals surface area contributed by atoms with Crippen molar-refractivity contribution in [3.8, 4) is 0 Å². The molecule has 0 aromatic rings. The Hall–Kier alpha value is -1.10. The van der Waals surface area contributed by atoms with Gasteiger partial charge in [0.25, 0.3) is 0 Å². The molecule has 2 amide bonds. The highest BCUT2D eigenvalue weighted by Gasteiger charge is 2.08. The third-order valence-electron chi connectivity index (χ3n) is 1.54. The van der Waals surface area contributed by atoms with E-state index in [9.17, 15) is 9.59 Å². The van der Waals surface area contributed by atoms with Gasteiger partial charge in [0.1, 0.15) is 0 Å². The predicted octanol–water partition coefficient (Wildman–Crippen LogP) is -0.778. The molecule has 0 aromatic heterocycles. The molecular weight excluding hydrogens is 182 g/mol. The van der Waals surface area contributed by atoms with Crippen molar-refractivity contribution in [2.24, 2.45) is 11.7 Å². The quantitative estimate of drug-likeness (QED) is 0.545. The SMILES string of the molecule is CC(C)CNC(=O)CNC(=O)[C@@H](C)N. The number of nitrogens with one attached hydrogen (secondary N) is 2. The first kappa shape index (κ1) is 12.9. The lowest BCUT2D eigenvalue weighted by Crippen LogP contribution is -2.44. The molecule has 0 heterocycles. The average Bonchev–Trinajstić information content (AvgIpc) is 2.10. The van der Waals surface area contributed by atoms with Gasteiger partial charge >= 0.3 is 0 Å². The van der Waals surface area contributed by atoms with Crippen molar-refractivity contribution in [3.63, 3.8) is 0 Å². The van der Waals surface area contributed by atoms with Crippen LogP contribution in [-0.2, 0) is 9.59 Å². The van der Waals surface area contributed by atoms with Gasteiger partial charge in [-0.2, -0.15) is 0 Å². The van der Waals surface area contributed by atoms with Crippen LogP contribution < -0.4 is 16.4 Å². The highest BCUT2D eigenvalue weighted by atomic mass is 16.2. The summed E-state index contributed by atoms with van der Waals surface area (Å²) in [4.78, 5) is 22.1. The van der Waals surface area contributed by atoms with Crippen molar-refractivity contribution >= 4 is 11.8 Å². The van der Waals surface area contributed by atoms with E-state index in [4.69, 9.17) is 5.73 Å². The van der Waals surface area contributed by atoms with E-state index in [2.05, 4.69) is 10.6 Å². The summed E-state index contributed by atoms with van der Waals surface area (Å²) in [6.45, 7) is 6.18. The number of carbonyl (C=O) groups is 2. The van der Waals surface area contributed by atoms with E-state index in [0.717, 1.165) is 0 Å². The van der Waals surface area contributed by atoms with Crippen molar-refractivity contribution in [1.29, 1.82) is 0 Å². The first-order chi connectivity index (χ1) is 6.43. The number of rotatable bonds is 5. The maximum Gasteiger partial charge on any atom is 0.239 e. The summed E-state index contributed by atoms with van der Waals surface area (Å²) in [6.07, 6.45) is 0. The Morgan fingerprint density at radius 3 is 2.21 bits per heavy atom. The van der Waals surface area contributed by atoms with Gasteiger partial charge in [0.15, 0.2) is 0 Å². The van der Waals surface area contributed by atoms with Gasteiger partial charge in [0, 0.05) is 6.54 Å². The monoisotopic (exact) mass is 201 g/mol. The summed E-state index contributed by atoms with van der Waals surface area (Å²) in [5, 5.41) is 5.11. The molecule has 0 aromatic carbocycles. The number of nitrogens with two attached hydrogens (primary N) is 1. The maximum absolute atomic E-state index is 11.1. The molecule has 14 heavy (non-hydrogen) atoms. The van der Waals surface area contributed by atoms with E-state index in [0.29, 0.717) is 12.5 Å². The fourth-order valence-corrected chi connectivity index (χ4v) is 0.709. The lowest BCUT2D eigenvalue weighted by atomic mass is 10.2. The average molecular weight is 201 g/mol. The number of hydrogen-bond donors (Lipinski definition) is 3. The highest BCUT2D eigenvalue weighted by Crippen LogP contribution is 1.86. The van der Waals surface area contributed by atoms with Crippen molar-refractivity contribution in [2.75, 3.05) is 13.1 Å². The van der Waals surface area contributed by atoms with Gasteiger partial charge in [-0.3, -0.25) is 9.59 Å². The van der Waals surface area contributed by atoms with Crippen LogP contribution in [0.5, 0.6) is 0 Å². The zero-order valence-corrected chi connectivity index (χ0v) is 8.96. The van der Waals surface area contributed by atoms with E-state index in [1.165, 1.54) is 0 Å². The van der Waals surface area contributed by atoms with E-state index in [1.54, 1.807) is 6.92 Å². The molecule has 0 saturated carbocycles. The molecule has 0 aliphatic heterocycles.